The van der Waals surface area contributed by atoms with Crippen LogP contribution in [0, 0.1) is 0 Å². The van der Waals surface area contributed by atoms with E-state index in [4.69, 9.17) is 5.73 Å². The standard InChI is InChI=1S/C12H25N3O2S/c1-14(12-7-3-2-4-8-12)18(16,17)15-9-5-6-11(13)10-15/h11-12H,2-10,13H2,1H3/t11-/m1/s1. The predicted molar refractivity (Wildman–Crippen MR) is 72.3 cm³/mol. The summed E-state index contributed by atoms with van der Waals surface area (Å²) in [6, 6.07) is 0.176. The molecule has 2 rings (SSSR count). The van der Waals surface area contributed by atoms with Crippen LogP contribution in [0.25, 0.3) is 0 Å². The van der Waals surface area contributed by atoms with Crippen molar-refractivity contribution in [3.05, 3.63) is 0 Å². The molecule has 0 radical (unpaired) electrons. The molecular weight excluding hydrogens is 250 g/mol. The normalized spacial score (nSPS) is 28.7. The lowest BCUT2D eigenvalue weighted by molar-refractivity contribution is 0.245. The van der Waals surface area contributed by atoms with Gasteiger partial charge in [-0.15, -0.1) is 0 Å². The highest BCUT2D eigenvalue weighted by atomic mass is 32.2. The molecule has 5 nitrogen and oxygen atoms in total. The highest BCUT2D eigenvalue weighted by Crippen LogP contribution is 2.25. The fraction of sp³-hybridized carbons (Fsp3) is 1.00. The van der Waals surface area contributed by atoms with Gasteiger partial charge in [-0.1, -0.05) is 19.3 Å². The molecule has 0 aromatic heterocycles. The molecule has 0 bridgehead atoms. The van der Waals surface area contributed by atoms with E-state index >= 15 is 0 Å². The van der Waals surface area contributed by atoms with Crippen LogP contribution in [-0.4, -0.2) is 49.2 Å². The number of rotatable bonds is 3. The first-order valence-corrected chi connectivity index (χ1v) is 8.40. The highest BCUT2D eigenvalue weighted by molar-refractivity contribution is 7.86. The molecule has 106 valence electrons. The summed E-state index contributed by atoms with van der Waals surface area (Å²) in [6.45, 7) is 1.09. The zero-order valence-electron chi connectivity index (χ0n) is 11.2. The van der Waals surface area contributed by atoms with Gasteiger partial charge in [0.25, 0.3) is 10.2 Å². The predicted octanol–water partition coefficient (Wildman–Crippen LogP) is 0.919. The van der Waals surface area contributed by atoms with Crippen molar-refractivity contribution in [1.29, 1.82) is 0 Å². The van der Waals surface area contributed by atoms with Gasteiger partial charge in [0.05, 0.1) is 0 Å². The van der Waals surface area contributed by atoms with Gasteiger partial charge in [-0.25, -0.2) is 0 Å². The highest BCUT2D eigenvalue weighted by Gasteiger charge is 2.34. The van der Waals surface area contributed by atoms with Crippen LogP contribution < -0.4 is 5.73 Å². The number of nitrogens with two attached hydrogens (primary N) is 1. The minimum Gasteiger partial charge on any atom is -0.327 e. The lowest BCUT2D eigenvalue weighted by atomic mass is 9.96. The summed E-state index contributed by atoms with van der Waals surface area (Å²) < 4.78 is 28.2. The van der Waals surface area contributed by atoms with Crippen molar-refractivity contribution in [2.75, 3.05) is 20.1 Å². The molecule has 2 fully saturated rings. The second-order valence-corrected chi connectivity index (χ2v) is 7.56. The Labute approximate surface area is 110 Å². The third kappa shape index (κ3) is 3.04. The SMILES string of the molecule is CN(C1CCCCC1)S(=O)(=O)N1CCC[C@@H](N)C1. The van der Waals surface area contributed by atoms with Crippen LogP contribution >= 0.6 is 0 Å². The van der Waals surface area contributed by atoms with Gasteiger partial charge < -0.3 is 5.73 Å². The average molecular weight is 275 g/mol. The second-order valence-electron chi connectivity index (χ2n) is 5.58. The first-order chi connectivity index (χ1) is 8.51. The lowest BCUT2D eigenvalue weighted by Gasteiger charge is -2.37. The quantitative estimate of drug-likeness (QED) is 0.833. The Morgan fingerprint density at radius 1 is 1.11 bits per heavy atom. The van der Waals surface area contributed by atoms with Gasteiger partial charge in [-0.05, 0) is 25.7 Å². The molecule has 1 aliphatic carbocycles. The van der Waals surface area contributed by atoms with Crippen molar-refractivity contribution in [2.45, 2.75) is 57.0 Å². The summed E-state index contributed by atoms with van der Waals surface area (Å²) in [5, 5.41) is 0. The maximum absolute atomic E-state index is 12.5. The van der Waals surface area contributed by atoms with E-state index in [1.807, 2.05) is 0 Å². The summed E-state index contributed by atoms with van der Waals surface area (Å²) in [4.78, 5) is 0. The van der Waals surface area contributed by atoms with Crippen LogP contribution in [-0.2, 0) is 10.2 Å². The van der Waals surface area contributed by atoms with Crippen LogP contribution in [0.5, 0.6) is 0 Å². The summed E-state index contributed by atoms with van der Waals surface area (Å²) in [5.74, 6) is 0. The third-order valence-electron chi connectivity index (χ3n) is 4.20. The Kier molecular flexibility index (Phi) is 4.64. The zero-order valence-corrected chi connectivity index (χ0v) is 12.0. The molecule has 0 unspecified atom stereocenters. The van der Waals surface area contributed by atoms with Gasteiger partial charge in [-0.3, -0.25) is 0 Å². The molecule has 0 aromatic carbocycles. The molecule has 18 heavy (non-hydrogen) atoms. The smallest absolute Gasteiger partial charge is 0.282 e. The fourth-order valence-corrected chi connectivity index (χ4v) is 4.69. The minimum atomic E-state index is -3.31. The molecule has 1 heterocycles. The Hall–Kier alpha value is -0.170. The van der Waals surface area contributed by atoms with E-state index in [9.17, 15) is 8.42 Å². The van der Waals surface area contributed by atoms with Gasteiger partial charge >= 0.3 is 0 Å². The second kappa shape index (κ2) is 5.86. The van der Waals surface area contributed by atoms with Crippen LogP contribution in [0.3, 0.4) is 0 Å². The number of hydrogen-bond donors (Lipinski definition) is 1. The fourth-order valence-electron chi connectivity index (χ4n) is 3.00. The molecule has 2 N–H and O–H groups in total. The van der Waals surface area contributed by atoms with Gasteiger partial charge in [0.15, 0.2) is 0 Å². The van der Waals surface area contributed by atoms with Gasteiger partial charge in [0.2, 0.25) is 0 Å². The lowest BCUT2D eigenvalue weighted by Crippen LogP contribution is -2.52. The summed E-state index contributed by atoms with van der Waals surface area (Å²) >= 11 is 0. The Bertz CT molecular complexity index is 366. The Morgan fingerprint density at radius 3 is 2.39 bits per heavy atom. The van der Waals surface area contributed by atoms with Gasteiger partial charge in [0, 0.05) is 32.2 Å². The van der Waals surface area contributed by atoms with Crippen molar-refractivity contribution in [1.82, 2.24) is 8.61 Å². The number of piperidine rings is 1. The van der Waals surface area contributed by atoms with Crippen molar-refractivity contribution >= 4 is 10.2 Å². The first kappa shape index (κ1) is 14.2. The molecule has 0 aromatic rings. The Balaban J connectivity index is 2.04. The van der Waals surface area contributed by atoms with Crippen LogP contribution in [0.1, 0.15) is 44.9 Å². The van der Waals surface area contributed by atoms with E-state index in [1.165, 1.54) is 6.42 Å². The van der Waals surface area contributed by atoms with Gasteiger partial charge in [-0.2, -0.15) is 17.0 Å². The number of nitrogens with zero attached hydrogens (tertiary/aromatic N) is 2. The topological polar surface area (TPSA) is 66.6 Å². The van der Waals surface area contributed by atoms with Crippen LogP contribution in [0.15, 0.2) is 0 Å². The molecule has 6 heteroatoms. The van der Waals surface area contributed by atoms with Crippen molar-refractivity contribution in [2.24, 2.45) is 5.73 Å². The first-order valence-electron chi connectivity index (χ1n) is 7.00. The molecule has 1 atom stereocenters. The van der Waals surface area contributed by atoms with E-state index in [1.54, 1.807) is 15.7 Å². The molecule has 0 spiro atoms. The summed E-state index contributed by atoms with van der Waals surface area (Å²) in [5.41, 5.74) is 5.88. The van der Waals surface area contributed by atoms with E-state index in [-0.39, 0.29) is 12.1 Å². The maximum Gasteiger partial charge on any atom is 0.282 e. The Morgan fingerprint density at radius 2 is 1.78 bits per heavy atom. The van der Waals surface area contributed by atoms with Crippen molar-refractivity contribution < 1.29 is 8.42 Å². The monoisotopic (exact) mass is 275 g/mol. The van der Waals surface area contributed by atoms with E-state index in [0.717, 1.165) is 38.5 Å². The summed E-state index contributed by atoms with van der Waals surface area (Å²) in [6.07, 6.45) is 7.32. The molecule has 1 saturated heterocycles. The molecule has 2 aliphatic rings. The van der Waals surface area contributed by atoms with Gasteiger partial charge in [0.1, 0.15) is 0 Å². The number of hydrogen-bond acceptors (Lipinski definition) is 3. The maximum atomic E-state index is 12.5. The van der Waals surface area contributed by atoms with Crippen molar-refractivity contribution in [3.8, 4) is 0 Å². The van der Waals surface area contributed by atoms with Crippen molar-refractivity contribution in [3.63, 3.8) is 0 Å². The minimum absolute atomic E-state index is 0.00622. The molecule has 0 amide bonds. The van der Waals surface area contributed by atoms with E-state index in [2.05, 4.69) is 0 Å². The van der Waals surface area contributed by atoms with E-state index in [0.29, 0.717) is 13.1 Å². The largest absolute Gasteiger partial charge is 0.327 e. The zero-order chi connectivity index (χ0) is 13.2. The average Bonchev–Trinajstić information content (AvgIpc) is 2.39. The molecule has 1 aliphatic heterocycles. The van der Waals surface area contributed by atoms with Crippen LogP contribution in [0.4, 0.5) is 0 Å². The molecule has 1 saturated carbocycles. The van der Waals surface area contributed by atoms with E-state index < -0.39 is 10.2 Å². The summed E-state index contributed by atoms with van der Waals surface area (Å²) in [7, 11) is -1.58. The van der Waals surface area contributed by atoms with Crippen LogP contribution in [0.2, 0.25) is 0 Å². The third-order valence-corrected chi connectivity index (χ3v) is 6.21. The molecular formula is C12H25N3O2S.